The zero-order valence-electron chi connectivity index (χ0n) is 11.1. The van der Waals surface area contributed by atoms with Crippen molar-refractivity contribution < 1.29 is 5.11 Å². The number of benzene rings is 2. The lowest BCUT2D eigenvalue weighted by molar-refractivity contribution is 0.264. The van der Waals surface area contributed by atoms with Crippen molar-refractivity contribution in [2.75, 3.05) is 6.61 Å². The van der Waals surface area contributed by atoms with E-state index in [1.807, 2.05) is 0 Å². The van der Waals surface area contributed by atoms with Crippen LogP contribution in [0.1, 0.15) is 31.9 Å². The highest BCUT2D eigenvalue weighted by atomic mass is 16.3. The SMILES string of the molecule is C[C@@H](CCO)N[C@H](C)c1cccc2ccccc12. The van der Waals surface area contributed by atoms with Gasteiger partial charge in [-0.15, -0.1) is 0 Å². The molecule has 0 aromatic heterocycles. The summed E-state index contributed by atoms with van der Waals surface area (Å²) in [5.41, 5.74) is 1.32. The fourth-order valence-electron chi connectivity index (χ4n) is 2.42. The first-order valence-corrected chi connectivity index (χ1v) is 6.57. The van der Waals surface area contributed by atoms with Gasteiger partial charge in [0.15, 0.2) is 0 Å². The molecule has 0 heterocycles. The first-order chi connectivity index (χ1) is 8.72. The Balaban J connectivity index is 2.24. The summed E-state index contributed by atoms with van der Waals surface area (Å²) in [7, 11) is 0. The zero-order valence-corrected chi connectivity index (χ0v) is 11.1. The Labute approximate surface area is 109 Å². The molecule has 0 amide bonds. The number of fused-ring (bicyclic) bond motifs is 1. The average Bonchev–Trinajstić information content (AvgIpc) is 2.38. The molecule has 2 aromatic rings. The predicted molar refractivity (Wildman–Crippen MR) is 76.7 cm³/mol. The molecule has 0 spiro atoms. The number of nitrogens with one attached hydrogen (secondary N) is 1. The normalized spacial score (nSPS) is 14.6. The van der Waals surface area contributed by atoms with Crippen molar-refractivity contribution in [3.63, 3.8) is 0 Å². The highest BCUT2D eigenvalue weighted by molar-refractivity contribution is 5.86. The minimum absolute atomic E-state index is 0.233. The van der Waals surface area contributed by atoms with Gasteiger partial charge in [0.25, 0.3) is 0 Å². The Bertz CT molecular complexity index is 504. The molecule has 18 heavy (non-hydrogen) atoms. The van der Waals surface area contributed by atoms with Gasteiger partial charge in [-0.05, 0) is 36.6 Å². The number of hydrogen-bond acceptors (Lipinski definition) is 2. The minimum atomic E-state index is 0.233. The summed E-state index contributed by atoms with van der Waals surface area (Å²) in [6, 6.07) is 15.5. The van der Waals surface area contributed by atoms with E-state index in [0.717, 1.165) is 6.42 Å². The molecule has 96 valence electrons. The Morgan fingerprint density at radius 1 is 1.06 bits per heavy atom. The van der Waals surface area contributed by atoms with Crippen molar-refractivity contribution in [2.24, 2.45) is 0 Å². The van der Waals surface area contributed by atoms with E-state index in [1.54, 1.807) is 0 Å². The summed E-state index contributed by atoms with van der Waals surface area (Å²) in [6.45, 7) is 4.52. The van der Waals surface area contributed by atoms with E-state index in [4.69, 9.17) is 5.11 Å². The Hall–Kier alpha value is -1.38. The molecule has 0 radical (unpaired) electrons. The van der Waals surface area contributed by atoms with E-state index < -0.39 is 0 Å². The molecule has 0 aliphatic carbocycles. The van der Waals surface area contributed by atoms with Crippen LogP contribution in [0.3, 0.4) is 0 Å². The van der Waals surface area contributed by atoms with Gasteiger partial charge >= 0.3 is 0 Å². The fraction of sp³-hybridized carbons (Fsp3) is 0.375. The number of aliphatic hydroxyl groups excluding tert-OH is 1. The Kier molecular flexibility index (Phi) is 4.34. The Morgan fingerprint density at radius 3 is 2.56 bits per heavy atom. The van der Waals surface area contributed by atoms with Crippen LogP contribution in [0.5, 0.6) is 0 Å². The van der Waals surface area contributed by atoms with Gasteiger partial charge in [-0.1, -0.05) is 42.5 Å². The van der Waals surface area contributed by atoms with Crippen LogP contribution >= 0.6 is 0 Å². The van der Waals surface area contributed by atoms with E-state index in [9.17, 15) is 0 Å². The highest BCUT2D eigenvalue weighted by Gasteiger charge is 2.11. The highest BCUT2D eigenvalue weighted by Crippen LogP contribution is 2.24. The fourth-order valence-corrected chi connectivity index (χ4v) is 2.42. The molecule has 0 bridgehead atoms. The first-order valence-electron chi connectivity index (χ1n) is 6.57. The van der Waals surface area contributed by atoms with Crippen LogP contribution < -0.4 is 5.32 Å². The third kappa shape index (κ3) is 2.89. The first kappa shape index (κ1) is 13.1. The van der Waals surface area contributed by atoms with Crippen molar-refractivity contribution in [3.8, 4) is 0 Å². The molecule has 0 saturated heterocycles. The van der Waals surface area contributed by atoms with E-state index >= 15 is 0 Å². The third-order valence-corrected chi connectivity index (χ3v) is 3.39. The minimum Gasteiger partial charge on any atom is -0.396 e. The van der Waals surface area contributed by atoms with Gasteiger partial charge in [-0.2, -0.15) is 0 Å². The van der Waals surface area contributed by atoms with Crippen LogP contribution in [0.15, 0.2) is 42.5 Å². The third-order valence-electron chi connectivity index (χ3n) is 3.39. The second-order valence-electron chi connectivity index (χ2n) is 4.87. The van der Waals surface area contributed by atoms with Crippen LogP contribution in [0.4, 0.5) is 0 Å². The molecule has 0 aliphatic heterocycles. The summed E-state index contributed by atoms with van der Waals surface area (Å²) in [5, 5.41) is 15.1. The predicted octanol–water partition coefficient (Wildman–Crippen LogP) is 3.26. The Morgan fingerprint density at radius 2 is 1.78 bits per heavy atom. The van der Waals surface area contributed by atoms with Gasteiger partial charge in [0.1, 0.15) is 0 Å². The molecule has 2 rings (SSSR count). The molecular weight excluding hydrogens is 222 g/mol. The standard InChI is InChI=1S/C16H21NO/c1-12(10-11-18)17-13(2)15-9-5-7-14-6-3-4-8-16(14)15/h3-9,12-13,17-18H,10-11H2,1-2H3/t12-,13+/m0/s1. The van der Waals surface area contributed by atoms with E-state index in [-0.39, 0.29) is 12.6 Å². The van der Waals surface area contributed by atoms with Gasteiger partial charge in [-0.25, -0.2) is 0 Å². The van der Waals surface area contributed by atoms with Crippen molar-refractivity contribution in [3.05, 3.63) is 48.0 Å². The smallest absolute Gasteiger partial charge is 0.0445 e. The largest absolute Gasteiger partial charge is 0.396 e. The van der Waals surface area contributed by atoms with E-state index in [2.05, 4.69) is 61.6 Å². The van der Waals surface area contributed by atoms with Crippen molar-refractivity contribution >= 4 is 10.8 Å². The summed E-state index contributed by atoms with van der Waals surface area (Å²) < 4.78 is 0. The molecule has 0 unspecified atom stereocenters. The molecule has 0 fully saturated rings. The topological polar surface area (TPSA) is 32.3 Å². The lowest BCUT2D eigenvalue weighted by Crippen LogP contribution is -2.29. The molecule has 2 aromatic carbocycles. The number of hydrogen-bond donors (Lipinski definition) is 2. The maximum Gasteiger partial charge on any atom is 0.0445 e. The van der Waals surface area contributed by atoms with Gasteiger partial charge in [0, 0.05) is 18.7 Å². The van der Waals surface area contributed by atoms with Crippen molar-refractivity contribution in [2.45, 2.75) is 32.4 Å². The monoisotopic (exact) mass is 243 g/mol. The van der Waals surface area contributed by atoms with Gasteiger partial charge in [0.2, 0.25) is 0 Å². The average molecular weight is 243 g/mol. The molecule has 0 saturated carbocycles. The maximum absolute atomic E-state index is 8.95. The summed E-state index contributed by atoms with van der Waals surface area (Å²) >= 11 is 0. The van der Waals surface area contributed by atoms with E-state index in [1.165, 1.54) is 16.3 Å². The second-order valence-corrected chi connectivity index (χ2v) is 4.87. The summed E-state index contributed by atoms with van der Waals surface area (Å²) in [4.78, 5) is 0. The maximum atomic E-state index is 8.95. The lowest BCUT2D eigenvalue weighted by atomic mass is 9.99. The van der Waals surface area contributed by atoms with Crippen LogP contribution in [0.2, 0.25) is 0 Å². The summed E-state index contributed by atoms with van der Waals surface area (Å²) in [6.07, 6.45) is 0.787. The zero-order chi connectivity index (χ0) is 13.0. The van der Waals surface area contributed by atoms with Crippen LogP contribution in [0.25, 0.3) is 10.8 Å². The second kappa shape index (κ2) is 5.98. The lowest BCUT2D eigenvalue weighted by Gasteiger charge is -2.21. The molecule has 2 nitrogen and oxygen atoms in total. The molecular formula is C16H21NO. The van der Waals surface area contributed by atoms with Crippen LogP contribution in [-0.2, 0) is 0 Å². The van der Waals surface area contributed by atoms with Crippen LogP contribution in [-0.4, -0.2) is 17.8 Å². The van der Waals surface area contributed by atoms with Crippen LogP contribution in [0, 0.1) is 0 Å². The van der Waals surface area contributed by atoms with Gasteiger partial charge in [0.05, 0.1) is 0 Å². The molecule has 2 N–H and O–H groups in total. The quantitative estimate of drug-likeness (QED) is 0.844. The van der Waals surface area contributed by atoms with Crippen molar-refractivity contribution in [1.29, 1.82) is 0 Å². The van der Waals surface area contributed by atoms with Crippen molar-refractivity contribution in [1.82, 2.24) is 5.32 Å². The molecule has 2 atom stereocenters. The molecule has 0 aliphatic rings. The number of aliphatic hydroxyl groups is 1. The van der Waals surface area contributed by atoms with Gasteiger partial charge in [-0.3, -0.25) is 0 Å². The van der Waals surface area contributed by atoms with E-state index in [0.29, 0.717) is 6.04 Å². The van der Waals surface area contributed by atoms with Gasteiger partial charge < -0.3 is 10.4 Å². The summed E-state index contributed by atoms with van der Waals surface area (Å²) in [5.74, 6) is 0. The molecule has 2 heteroatoms. The number of rotatable bonds is 5.